The minimum absolute atomic E-state index is 0.00841. The summed E-state index contributed by atoms with van der Waals surface area (Å²) in [7, 11) is 0. The zero-order valence-electron chi connectivity index (χ0n) is 12.5. The van der Waals surface area contributed by atoms with E-state index < -0.39 is 23.1 Å². The first kappa shape index (κ1) is 15.7. The van der Waals surface area contributed by atoms with E-state index in [1.807, 2.05) is 0 Å². The maximum absolute atomic E-state index is 14.2. The molecule has 0 aliphatic heterocycles. The summed E-state index contributed by atoms with van der Waals surface area (Å²) in [5.41, 5.74) is -0.867. The molecule has 0 atom stereocenters. The molecule has 0 fully saturated rings. The van der Waals surface area contributed by atoms with Crippen LogP contribution in [0, 0.1) is 6.92 Å². The number of aromatic nitrogens is 5. The second-order valence-electron chi connectivity index (χ2n) is 5.03. The number of carbonyl (C=O) groups is 1. The standard InChI is InChI=1S/C14H12F2N6O2/c1-8-3-2-4-17-10(8)14(15,16)13(24)19-7-9-20-21-11-12(23)18-5-6-22(9)11/h2-6H,7H2,1H3,(H,18,23)(H,19,24). The highest BCUT2D eigenvalue weighted by molar-refractivity contribution is 5.84. The van der Waals surface area contributed by atoms with E-state index in [2.05, 4.69) is 25.5 Å². The molecule has 0 radical (unpaired) electrons. The van der Waals surface area contributed by atoms with Crippen LogP contribution in [-0.4, -0.2) is 30.5 Å². The number of H-pyrrole nitrogens is 1. The number of pyridine rings is 1. The van der Waals surface area contributed by atoms with Crippen molar-refractivity contribution in [1.82, 2.24) is 29.9 Å². The predicted octanol–water partition coefficient (Wildman–Crippen LogP) is 0.529. The van der Waals surface area contributed by atoms with Crippen molar-refractivity contribution in [2.45, 2.75) is 19.4 Å². The van der Waals surface area contributed by atoms with Gasteiger partial charge in [-0.3, -0.25) is 19.0 Å². The number of alkyl halides is 2. The molecule has 3 rings (SSSR count). The topological polar surface area (TPSA) is 105 Å². The van der Waals surface area contributed by atoms with Gasteiger partial charge in [0.25, 0.3) is 11.5 Å². The lowest BCUT2D eigenvalue weighted by Gasteiger charge is -2.16. The lowest BCUT2D eigenvalue weighted by molar-refractivity contribution is -0.147. The Bertz CT molecular complexity index is 965. The van der Waals surface area contributed by atoms with Crippen LogP contribution < -0.4 is 10.9 Å². The second kappa shape index (κ2) is 5.80. The maximum Gasteiger partial charge on any atom is 0.366 e. The van der Waals surface area contributed by atoms with Gasteiger partial charge in [-0.2, -0.15) is 8.78 Å². The second-order valence-corrected chi connectivity index (χ2v) is 5.03. The van der Waals surface area contributed by atoms with Gasteiger partial charge >= 0.3 is 5.92 Å². The molecule has 3 heterocycles. The van der Waals surface area contributed by atoms with Crippen molar-refractivity contribution in [3.8, 4) is 0 Å². The van der Waals surface area contributed by atoms with E-state index in [1.54, 1.807) is 0 Å². The number of nitrogens with zero attached hydrogens (tertiary/aromatic N) is 4. The summed E-state index contributed by atoms with van der Waals surface area (Å²) in [5.74, 6) is -5.15. The van der Waals surface area contributed by atoms with Crippen molar-refractivity contribution in [3.63, 3.8) is 0 Å². The summed E-state index contributed by atoms with van der Waals surface area (Å²) in [6.07, 6.45) is 4.01. The van der Waals surface area contributed by atoms with Gasteiger partial charge in [-0.15, -0.1) is 10.2 Å². The molecule has 0 bridgehead atoms. The number of hydrogen-bond donors (Lipinski definition) is 2. The minimum atomic E-state index is -3.79. The highest BCUT2D eigenvalue weighted by Crippen LogP contribution is 2.28. The summed E-state index contributed by atoms with van der Waals surface area (Å²) in [5, 5.41) is 9.46. The molecule has 124 valence electrons. The molecule has 2 N–H and O–H groups in total. The van der Waals surface area contributed by atoms with E-state index in [9.17, 15) is 18.4 Å². The normalized spacial score (nSPS) is 11.6. The van der Waals surface area contributed by atoms with Gasteiger partial charge in [0.05, 0.1) is 6.54 Å². The smallest absolute Gasteiger partial charge is 0.343 e. The molecular weight excluding hydrogens is 322 g/mol. The average molecular weight is 334 g/mol. The Morgan fingerprint density at radius 3 is 2.96 bits per heavy atom. The molecule has 0 saturated heterocycles. The number of halogens is 2. The zero-order chi connectivity index (χ0) is 17.3. The molecule has 0 aliphatic rings. The third-order valence-electron chi connectivity index (χ3n) is 3.41. The van der Waals surface area contributed by atoms with Crippen LogP contribution >= 0.6 is 0 Å². The summed E-state index contributed by atoms with van der Waals surface area (Å²) in [4.78, 5) is 29.4. The van der Waals surface area contributed by atoms with Crippen LogP contribution in [0.3, 0.4) is 0 Å². The van der Waals surface area contributed by atoms with Gasteiger partial charge in [0, 0.05) is 18.6 Å². The van der Waals surface area contributed by atoms with E-state index in [4.69, 9.17) is 0 Å². The molecule has 0 aromatic carbocycles. The molecule has 1 amide bonds. The van der Waals surface area contributed by atoms with Crippen molar-refractivity contribution >= 4 is 11.6 Å². The van der Waals surface area contributed by atoms with Crippen molar-refractivity contribution in [1.29, 1.82) is 0 Å². The first-order chi connectivity index (χ1) is 11.4. The van der Waals surface area contributed by atoms with E-state index in [0.29, 0.717) is 0 Å². The highest BCUT2D eigenvalue weighted by Gasteiger charge is 2.43. The third-order valence-corrected chi connectivity index (χ3v) is 3.41. The first-order valence-electron chi connectivity index (χ1n) is 6.91. The predicted molar refractivity (Wildman–Crippen MR) is 78.3 cm³/mol. The first-order valence-corrected chi connectivity index (χ1v) is 6.91. The average Bonchev–Trinajstić information content (AvgIpc) is 2.97. The fourth-order valence-corrected chi connectivity index (χ4v) is 2.20. The van der Waals surface area contributed by atoms with Crippen LogP contribution in [0.5, 0.6) is 0 Å². The molecule has 0 saturated carbocycles. The van der Waals surface area contributed by atoms with Crippen molar-refractivity contribution in [3.05, 3.63) is 58.2 Å². The third kappa shape index (κ3) is 2.62. The number of aryl methyl sites for hydroxylation is 1. The number of amides is 1. The number of hydrogen-bond acceptors (Lipinski definition) is 5. The van der Waals surface area contributed by atoms with Crippen molar-refractivity contribution < 1.29 is 13.6 Å². The molecule has 8 nitrogen and oxygen atoms in total. The SMILES string of the molecule is Cc1cccnc1C(F)(F)C(=O)NCc1nnc2c(=O)[nH]ccn12. The fraction of sp³-hybridized carbons (Fsp3) is 0.214. The van der Waals surface area contributed by atoms with E-state index >= 15 is 0 Å². The number of nitrogens with one attached hydrogen (secondary N) is 2. The molecule has 0 unspecified atom stereocenters. The fourth-order valence-electron chi connectivity index (χ4n) is 2.20. The van der Waals surface area contributed by atoms with Crippen LogP contribution in [0.2, 0.25) is 0 Å². The summed E-state index contributed by atoms with van der Waals surface area (Å²) >= 11 is 0. The van der Waals surface area contributed by atoms with E-state index in [-0.39, 0.29) is 23.6 Å². The van der Waals surface area contributed by atoms with E-state index in [0.717, 1.165) is 0 Å². The monoisotopic (exact) mass is 334 g/mol. The Hall–Kier alpha value is -3.17. The van der Waals surface area contributed by atoms with Crippen LogP contribution in [-0.2, 0) is 17.3 Å². The van der Waals surface area contributed by atoms with E-state index in [1.165, 1.54) is 42.0 Å². The Morgan fingerprint density at radius 2 is 2.21 bits per heavy atom. The van der Waals surface area contributed by atoms with Gasteiger partial charge in [-0.05, 0) is 18.6 Å². The van der Waals surface area contributed by atoms with Crippen molar-refractivity contribution in [2.75, 3.05) is 0 Å². The quantitative estimate of drug-likeness (QED) is 0.724. The molecule has 10 heteroatoms. The van der Waals surface area contributed by atoms with Gasteiger partial charge in [0.1, 0.15) is 5.69 Å². The Balaban J connectivity index is 1.81. The van der Waals surface area contributed by atoms with Crippen LogP contribution in [0.25, 0.3) is 5.65 Å². The largest absolute Gasteiger partial charge is 0.366 e. The van der Waals surface area contributed by atoms with Crippen LogP contribution in [0.15, 0.2) is 35.5 Å². The van der Waals surface area contributed by atoms with Crippen molar-refractivity contribution in [2.24, 2.45) is 0 Å². The lowest BCUT2D eigenvalue weighted by atomic mass is 10.1. The van der Waals surface area contributed by atoms with Crippen LogP contribution in [0.4, 0.5) is 8.78 Å². The van der Waals surface area contributed by atoms with Gasteiger partial charge in [0.15, 0.2) is 5.82 Å². The number of aromatic amines is 1. The van der Waals surface area contributed by atoms with Crippen LogP contribution in [0.1, 0.15) is 17.1 Å². The van der Waals surface area contributed by atoms with Gasteiger partial charge in [-0.1, -0.05) is 6.07 Å². The molecule has 0 spiro atoms. The molecule has 0 aliphatic carbocycles. The molecule has 3 aromatic rings. The summed E-state index contributed by atoms with van der Waals surface area (Å²) in [6.45, 7) is 1.13. The molecular formula is C14H12F2N6O2. The molecule has 3 aromatic heterocycles. The van der Waals surface area contributed by atoms with Gasteiger partial charge in [0.2, 0.25) is 5.65 Å². The lowest BCUT2D eigenvalue weighted by Crippen LogP contribution is -2.39. The minimum Gasteiger partial charge on any atom is -0.343 e. The van der Waals surface area contributed by atoms with Gasteiger partial charge in [-0.25, -0.2) is 0 Å². The highest BCUT2D eigenvalue weighted by atomic mass is 19.3. The Labute approximate surface area is 133 Å². The number of carbonyl (C=O) groups excluding carboxylic acids is 1. The number of rotatable bonds is 4. The van der Waals surface area contributed by atoms with Gasteiger partial charge < -0.3 is 10.3 Å². The summed E-state index contributed by atoms with van der Waals surface area (Å²) in [6, 6.07) is 2.95. The summed E-state index contributed by atoms with van der Waals surface area (Å²) < 4.78 is 29.8. The zero-order valence-corrected chi connectivity index (χ0v) is 12.5. The Kier molecular flexibility index (Phi) is 3.80. The Morgan fingerprint density at radius 1 is 1.42 bits per heavy atom. The maximum atomic E-state index is 14.2. The molecule has 24 heavy (non-hydrogen) atoms. The number of fused-ring (bicyclic) bond motifs is 1.